The molecule has 538 valence electrons. The van der Waals surface area contributed by atoms with E-state index in [-0.39, 0.29) is 18.5 Å². The standard InChI is InChI=1S/C85H163NO5/c1-3-5-7-9-11-13-15-17-19-21-23-24-25-35-38-42-45-49-53-57-61-65-69-73-77-83(88)82(81-87)86-84(89)78-74-70-66-62-58-54-50-46-43-39-36-33-31-29-27-26-28-30-32-34-37-40-44-48-52-56-60-64-68-72-76-80-91-85(90)79-75-71-67-63-59-55-51-47-41-22-20-18-16-14-12-10-8-6-4-2/h12,14,18,20,28,30,82-83,87-88H,3-11,13,15-17,19,21-27,29,31-81H2,1-2H3,(H,86,89)/b14-12-,20-18-,30-28-. The lowest BCUT2D eigenvalue weighted by Crippen LogP contribution is -2.45. The van der Waals surface area contributed by atoms with Crippen molar-refractivity contribution in [2.45, 2.75) is 482 Å². The Morgan fingerprint density at radius 1 is 0.308 bits per heavy atom. The number of esters is 1. The molecule has 0 bridgehead atoms. The van der Waals surface area contributed by atoms with Crippen LogP contribution in [0.5, 0.6) is 0 Å². The Morgan fingerprint density at radius 2 is 0.549 bits per heavy atom. The number of unbranched alkanes of at least 4 members (excludes halogenated alkanes) is 62. The molecule has 0 heterocycles. The molecule has 0 spiro atoms. The highest BCUT2D eigenvalue weighted by Crippen LogP contribution is 2.20. The van der Waals surface area contributed by atoms with Crippen LogP contribution in [-0.4, -0.2) is 47.4 Å². The van der Waals surface area contributed by atoms with Crippen molar-refractivity contribution in [1.82, 2.24) is 5.32 Å². The summed E-state index contributed by atoms with van der Waals surface area (Å²) in [5.41, 5.74) is 0. The van der Waals surface area contributed by atoms with E-state index in [2.05, 4.69) is 55.6 Å². The molecule has 0 saturated carbocycles. The zero-order valence-corrected chi connectivity index (χ0v) is 61.9. The Kier molecular flexibility index (Phi) is 78.8. The van der Waals surface area contributed by atoms with E-state index in [1.54, 1.807) is 0 Å². The van der Waals surface area contributed by atoms with Gasteiger partial charge in [-0.3, -0.25) is 9.59 Å². The van der Waals surface area contributed by atoms with Gasteiger partial charge in [0.05, 0.1) is 25.4 Å². The Balaban J connectivity index is 3.36. The van der Waals surface area contributed by atoms with E-state index in [9.17, 15) is 19.8 Å². The number of aliphatic hydroxyl groups is 2. The number of hydrogen-bond acceptors (Lipinski definition) is 5. The van der Waals surface area contributed by atoms with Gasteiger partial charge in [0.1, 0.15) is 0 Å². The molecule has 3 N–H and O–H groups in total. The maximum atomic E-state index is 12.6. The summed E-state index contributed by atoms with van der Waals surface area (Å²) in [6.45, 7) is 4.98. The maximum absolute atomic E-state index is 12.6. The van der Waals surface area contributed by atoms with E-state index in [0.717, 1.165) is 51.4 Å². The number of hydrogen-bond donors (Lipinski definition) is 3. The van der Waals surface area contributed by atoms with Crippen molar-refractivity contribution in [3.63, 3.8) is 0 Å². The molecule has 91 heavy (non-hydrogen) atoms. The summed E-state index contributed by atoms with van der Waals surface area (Å²) in [5, 5.41) is 23.5. The van der Waals surface area contributed by atoms with Gasteiger partial charge in [0.2, 0.25) is 5.91 Å². The Bertz CT molecular complexity index is 1470. The number of allylic oxidation sites excluding steroid dienone is 6. The highest BCUT2D eigenvalue weighted by Gasteiger charge is 2.20. The van der Waals surface area contributed by atoms with Crippen LogP contribution >= 0.6 is 0 Å². The monoisotopic (exact) mass is 1280 g/mol. The van der Waals surface area contributed by atoms with Gasteiger partial charge >= 0.3 is 5.97 Å². The SMILES string of the molecule is CCCCC/C=C\C/C=C\CCCCCCCCCCCC(=O)OCCCCCCCCCCCCCC/C=C\CCCCCCCCCCCCCCCCCC(=O)NC(CO)C(O)CCCCCCCCCCCCCCCCCCCCCCCCCC. The molecule has 0 aromatic heterocycles. The van der Waals surface area contributed by atoms with Crippen LogP contribution < -0.4 is 5.32 Å². The Morgan fingerprint density at radius 3 is 0.868 bits per heavy atom. The molecule has 0 aliphatic carbocycles. The summed E-state index contributed by atoms with van der Waals surface area (Å²) in [6.07, 6.45) is 105. The second-order valence-corrected chi connectivity index (χ2v) is 28.8. The van der Waals surface area contributed by atoms with Gasteiger partial charge in [-0.1, -0.05) is 410 Å². The molecule has 0 aromatic rings. The summed E-state index contributed by atoms with van der Waals surface area (Å²) in [5.74, 6) is -0.0123. The number of rotatable bonds is 79. The first-order valence-corrected chi connectivity index (χ1v) is 41.7. The normalized spacial score (nSPS) is 12.6. The number of nitrogens with one attached hydrogen (secondary N) is 1. The van der Waals surface area contributed by atoms with Crippen molar-refractivity contribution in [3.8, 4) is 0 Å². The molecule has 0 saturated heterocycles. The third-order valence-corrected chi connectivity index (χ3v) is 19.7. The van der Waals surface area contributed by atoms with Gasteiger partial charge in [0, 0.05) is 12.8 Å². The number of ether oxygens (including phenoxy) is 1. The third-order valence-electron chi connectivity index (χ3n) is 19.7. The van der Waals surface area contributed by atoms with Gasteiger partial charge in [0.25, 0.3) is 0 Å². The van der Waals surface area contributed by atoms with E-state index in [4.69, 9.17) is 4.74 Å². The summed E-state index contributed by atoms with van der Waals surface area (Å²) < 4.78 is 5.52. The van der Waals surface area contributed by atoms with Crippen LogP contribution in [0.3, 0.4) is 0 Å². The first-order chi connectivity index (χ1) is 45.0. The number of aliphatic hydroxyl groups excluding tert-OH is 2. The highest BCUT2D eigenvalue weighted by molar-refractivity contribution is 5.76. The van der Waals surface area contributed by atoms with Crippen LogP contribution in [0.4, 0.5) is 0 Å². The van der Waals surface area contributed by atoms with Crippen LogP contribution in [-0.2, 0) is 14.3 Å². The average Bonchev–Trinajstić information content (AvgIpc) is 3.65. The van der Waals surface area contributed by atoms with Crippen LogP contribution in [0.2, 0.25) is 0 Å². The molecule has 1 amide bonds. The van der Waals surface area contributed by atoms with Crippen molar-refractivity contribution in [2.75, 3.05) is 13.2 Å². The average molecular weight is 1280 g/mol. The molecule has 2 atom stereocenters. The van der Waals surface area contributed by atoms with Crippen LogP contribution in [0.25, 0.3) is 0 Å². The van der Waals surface area contributed by atoms with E-state index in [1.807, 2.05) is 0 Å². The van der Waals surface area contributed by atoms with E-state index in [1.165, 1.54) is 385 Å². The van der Waals surface area contributed by atoms with Crippen molar-refractivity contribution < 1.29 is 24.5 Å². The van der Waals surface area contributed by atoms with Gasteiger partial charge in [-0.15, -0.1) is 0 Å². The summed E-state index contributed by atoms with van der Waals surface area (Å²) in [6, 6.07) is -0.542. The Hall–Kier alpha value is -1.92. The van der Waals surface area contributed by atoms with Gasteiger partial charge in [-0.25, -0.2) is 0 Å². The van der Waals surface area contributed by atoms with Gasteiger partial charge < -0.3 is 20.3 Å². The topological polar surface area (TPSA) is 95.9 Å². The second-order valence-electron chi connectivity index (χ2n) is 28.8. The fourth-order valence-electron chi connectivity index (χ4n) is 13.3. The quantitative estimate of drug-likeness (QED) is 0.0320. The molecule has 6 heteroatoms. The molecule has 0 aliphatic rings. The molecular weight excluding hydrogens is 1110 g/mol. The Labute approximate surface area is 570 Å². The number of carbonyl (C=O) groups is 2. The molecule has 6 nitrogen and oxygen atoms in total. The highest BCUT2D eigenvalue weighted by atomic mass is 16.5. The zero-order valence-electron chi connectivity index (χ0n) is 61.9. The smallest absolute Gasteiger partial charge is 0.305 e. The minimum absolute atomic E-state index is 0.0149. The molecule has 0 fully saturated rings. The maximum Gasteiger partial charge on any atom is 0.305 e. The number of amides is 1. The molecule has 0 radical (unpaired) electrons. The lowest BCUT2D eigenvalue weighted by atomic mass is 10.0. The van der Waals surface area contributed by atoms with Crippen molar-refractivity contribution in [2.24, 2.45) is 0 Å². The molecule has 2 unspecified atom stereocenters. The summed E-state index contributed by atoms with van der Waals surface area (Å²) in [7, 11) is 0. The van der Waals surface area contributed by atoms with Crippen molar-refractivity contribution in [1.29, 1.82) is 0 Å². The van der Waals surface area contributed by atoms with Crippen LogP contribution in [0.15, 0.2) is 36.5 Å². The van der Waals surface area contributed by atoms with E-state index < -0.39 is 12.1 Å². The minimum Gasteiger partial charge on any atom is -0.466 e. The van der Waals surface area contributed by atoms with E-state index in [0.29, 0.717) is 25.9 Å². The fourth-order valence-corrected chi connectivity index (χ4v) is 13.3. The van der Waals surface area contributed by atoms with Gasteiger partial charge in [0.15, 0.2) is 0 Å². The molecule has 0 rings (SSSR count). The summed E-state index contributed by atoms with van der Waals surface area (Å²) >= 11 is 0. The minimum atomic E-state index is -0.665. The second kappa shape index (κ2) is 80.5. The van der Waals surface area contributed by atoms with Crippen LogP contribution in [0, 0.1) is 0 Å². The van der Waals surface area contributed by atoms with Crippen molar-refractivity contribution in [3.05, 3.63) is 36.5 Å². The molecular formula is C85H163NO5. The number of carbonyl (C=O) groups excluding carboxylic acids is 2. The van der Waals surface area contributed by atoms with E-state index >= 15 is 0 Å². The first-order valence-electron chi connectivity index (χ1n) is 41.7. The fraction of sp³-hybridized carbons (Fsp3) is 0.906. The predicted molar refractivity (Wildman–Crippen MR) is 403 cm³/mol. The predicted octanol–water partition coefficient (Wildman–Crippen LogP) is 27.8. The molecule has 0 aliphatic heterocycles. The zero-order chi connectivity index (χ0) is 65.6. The van der Waals surface area contributed by atoms with Gasteiger partial charge in [-0.2, -0.15) is 0 Å². The lowest BCUT2D eigenvalue weighted by Gasteiger charge is -2.22. The van der Waals surface area contributed by atoms with Crippen molar-refractivity contribution >= 4 is 11.9 Å². The molecule has 0 aromatic carbocycles. The van der Waals surface area contributed by atoms with Crippen LogP contribution in [0.1, 0.15) is 470 Å². The summed E-state index contributed by atoms with van der Waals surface area (Å²) in [4.78, 5) is 24.7. The lowest BCUT2D eigenvalue weighted by molar-refractivity contribution is -0.143. The first kappa shape index (κ1) is 89.1. The van der Waals surface area contributed by atoms with Gasteiger partial charge in [-0.05, 0) is 83.5 Å². The third kappa shape index (κ3) is 77.0. The largest absolute Gasteiger partial charge is 0.466 e.